The van der Waals surface area contributed by atoms with Gasteiger partial charge in [0.25, 0.3) is 5.91 Å². The number of carbonyl (C=O) groups excluding carboxylic acids is 1. The van der Waals surface area contributed by atoms with Crippen molar-refractivity contribution in [1.82, 2.24) is 14.3 Å². The number of pyridine rings is 1. The molecule has 2 aliphatic rings. The molecule has 0 bridgehead atoms. The van der Waals surface area contributed by atoms with Gasteiger partial charge in [0, 0.05) is 30.1 Å². The SMILES string of the molecule is C=C(c1c(C)cccc1NC(=O)c1cnc2cc(OCCN3CCCC3)ccn12)C1CC1. The highest BCUT2D eigenvalue weighted by atomic mass is 16.5. The molecule has 166 valence electrons. The predicted octanol–water partition coefficient (Wildman–Crippen LogP) is 4.79. The van der Waals surface area contributed by atoms with Crippen LogP contribution in [-0.2, 0) is 0 Å². The second-order valence-electron chi connectivity index (χ2n) is 8.88. The van der Waals surface area contributed by atoms with Gasteiger partial charge in [0.2, 0.25) is 0 Å². The number of nitrogens with one attached hydrogen (secondary N) is 1. The minimum absolute atomic E-state index is 0.185. The molecule has 1 saturated heterocycles. The molecule has 0 atom stereocenters. The predicted molar refractivity (Wildman–Crippen MR) is 127 cm³/mol. The number of fused-ring (bicyclic) bond motifs is 1. The number of amides is 1. The topological polar surface area (TPSA) is 58.9 Å². The van der Waals surface area contributed by atoms with Crippen LogP contribution in [0.3, 0.4) is 0 Å². The molecule has 6 nitrogen and oxygen atoms in total. The number of likely N-dealkylation sites (tertiary alicyclic amines) is 1. The van der Waals surface area contributed by atoms with E-state index in [0.29, 0.717) is 23.9 Å². The van der Waals surface area contributed by atoms with Crippen LogP contribution >= 0.6 is 0 Å². The summed E-state index contributed by atoms with van der Waals surface area (Å²) in [6, 6.07) is 9.76. The van der Waals surface area contributed by atoms with E-state index >= 15 is 0 Å². The molecule has 32 heavy (non-hydrogen) atoms. The summed E-state index contributed by atoms with van der Waals surface area (Å²) in [5.74, 6) is 1.12. The Kier molecular flexibility index (Phi) is 5.70. The lowest BCUT2D eigenvalue weighted by Gasteiger charge is -2.16. The van der Waals surface area contributed by atoms with Crippen molar-refractivity contribution in [3.8, 4) is 5.75 Å². The zero-order valence-corrected chi connectivity index (χ0v) is 18.6. The van der Waals surface area contributed by atoms with Crippen LogP contribution < -0.4 is 10.1 Å². The lowest BCUT2D eigenvalue weighted by Crippen LogP contribution is -2.25. The van der Waals surface area contributed by atoms with Gasteiger partial charge in [-0.3, -0.25) is 14.1 Å². The van der Waals surface area contributed by atoms with E-state index < -0.39 is 0 Å². The van der Waals surface area contributed by atoms with Gasteiger partial charge < -0.3 is 10.1 Å². The number of imidazole rings is 1. The molecule has 1 aromatic carbocycles. The number of nitrogens with zero attached hydrogens (tertiary/aromatic N) is 3. The zero-order chi connectivity index (χ0) is 22.1. The summed E-state index contributed by atoms with van der Waals surface area (Å²) in [6.45, 7) is 10.3. The van der Waals surface area contributed by atoms with Crippen molar-refractivity contribution < 1.29 is 9.53 Å². The van der Waals surface area contributed by atoms with Crippen molar-refractivity contribution in [2.45, 2.75) is 32.6 Å². The zero-order valence-electron chi connectivity index (χ0n) is 18.6. The molecule has 2 fully saturated rings. The molecule has 2 aromatic heterocycles. The second-order valence-corrected chi connectivity index (χ2v) is 8.88. The maximum absolute atomic E-state index is 13.1. The molecular formula is C26H30N4O2. The maximum Gasteiger partial charge on any atom is 0.274 e. The molecule has 3 heterocycles. The summed E-state index contributed by atoms with van der Waals surface area (Å²) in [4.78, 5) is 20.0. The fraction of sp³-hybridized carbons (Fsp3) is 0.385. The molecule has 0 unspecified atom stereocenters. The van der Waals surface area contributed by atoms with Crippen LogP contribution in [0.2, 0.25) is 0 Å². The standard InChI is InChI=1S/C26H30N4O2/c1-18-6-5-7-22(25(18)19(2)20-8-9-20)28-26(31)23-17-27-24-16-21(10-13-30(23)24)32-15-14-29-11-3-4-12-29/h5-7,10,13,16-17,20H,2-4,8-9,11-12,14-15H2,1H3,(H,28,31). The smallest absolute Gasteiger partial charge is 0.274 e. The highest BCUT2D eigenvalue weighted by Gasteiger charge is 2.28. The number of ether oxygens (including phenoxy) is 1. The van der Waals surface area contributed by atoms with Crippen LogP contribution in [0, 0.1) is 12.8 Å². The van der Waals surface area contributed by atoms with E-state index in [1.54, 1.807) is 10.6 Å². The minimum atomic E-state index is -0.185. The Morgan fingerprint density at radius 3 is 2.84 bits per heavy atom. The Balaban J connectivity index is 1.30. The van der Waals surface area contributed by atoms with Crippen molar-refractivity contribution in [3.05, 3.63) is 66.1 Å². The van der Waals surface area contributed by atoms with Crippen molar-refractivity contribution in [2.24, 2.45) is 5.92 Å². The second kappa shape index (κ2) is 8.79. The van der Waals surface area contributed by atoms with Crippen molar-refractivity contribution in [1.29, 1.82) is 0 Å². The summed E-state index contributed by atoms with van der Waals surface area (Å²) in [6.07, 6.45) is 8.38. The molecule has 0 spiro atoms. The van der Waals surface area contributed by atoms with Crippen LogP contribution in [0.5, 0.6) is 5.75 Å². The van der Waals surface area contributed by atoms with Gasteiger partial charge in [0.15, 0.2) is 0 Å². The third-order valence-corrected chi connectivity index (χ3v) is 6.50. The van der Waals surface area contributed by atoms with Gasteiger partial charge in [-0.2, -0.15) is 0 Å². The number of rotatable bonds is 8. The Labute approximate surface area is 188 Å². The first-order valence-electron chi connectivity index (χ1n) is 11.5. The number of allylic oxidation sites excluding steroid dienone is 1. The van der Waals surface area contributed by atoms with Crippen molar-refractivity contribution in [3.63, 3.8) is 0 Å². The van der Waals surface area contributed by atoms with Gasteiger partial charge >= 0.3 is 0 Å². The number of benzene rings is 1. The van der Waals surface area contributed by atoms with Crippen molar-refractivity contribution in [2.75, 3.05) is 31.6 Å². The Morgan fingerprint density at radius 1 is 1.25 bits per heavy atom. The molecule has 1 aliphatic carbocycles. The van der Waals surface area contributed by atoms with Crippen LogP contribution in [0.1, 0.15) is 47.3 Å². The van der Waals surface area contributed by atoms with Gasteiger partial charge in [-0.05, 0) is 74.9 Å². The molecule has 5 rings (SSSR count). The summed E-state index contributed by atoms with van der Waals surface area (Å²) in [7, 11) is 0. The number of aryl methyl sites for hydroxylation is 1. The molecule has 0 radical (unpaired) electrons. The summed E-state index contributed by atoms with van der Waals surface area (Å²) in [5.41, 5.74) is 5.31. The van der Waals surface area contributed by atoms with Crippen molar-refractivity contribution >= 4 is 22.8 Å². The lowest BCUT2D eigenvalue weighted by atomic mass is 9.96. The molecule has 1 N–H and O–H groups in total. The average molecular weight is 431 g/mol. The number of anilines is 1. The van der Waals surface area contributed by atoms with Crippen LogP contribution in [0.15, 0.2) is 49.3 Å². The minimum Gasteiger partial charge on any atom is -0.492 e. The molecule has 6 heteroatoms. The highest BCUT2D eigenvalue weighted by molar-refractivity contribution is 6.05. The van der Waals surface area contributed by atoms with Gasteiger partial charge in [-0.1, -0.05) is 18.7 Å². The lowest BCUT2D eigenvalue weighted by molar-refractivity contribution is 0.102. The molecular weight excluding hydrogens is 400 g/mol. The third kappa shape index (κ3) is 4.28. The maximum atomic E-state index is 13.1. The highest BCUT2D eigenvalue weighted by Crippen LogP contribution is 2.44. The number of hydrogen-bond acceptors (Lipinski definition) is 4. The fourth-order valence-corrected chi connectivity index (χ4v) is 4.54. The van der Waals surface area contributed by atoms with Gasteiger partial charge in [-0.25, -0.2) is 4.98 Å². The first-order chi connectivity index (χ1) is 15.6. The van der Waals surface area contributed by atoms with Gasteiger partial charge in [-0.15, -0.1) is 0 Å². The van der Waals surface area contributed by atoms with Crippen LogP contribution in [0.4, 0.5) is 5.69 Å². The van der Waals surface area contributed by atoms with E-state index in [4.69, 9.17) is 4.74 Å². The van der Waals surface area contributed by atoms with E-state index in [0.717, 1.165) is 47.8 Å². The monoisotopic (exact) mass is 430 g/mol. The molecule has 1 amide bonds. The summed E-state index contributed by atoms with van der Waals surface area (Å²) >= 11 is 0. The van der Waals surface area contributed by atoms with E-state index in [2.05, 4.69) is 34.8 Å². The normalized spacial score (nSPS) is 16.4. The Hall–Kier alpha value is -3.12. The van der Waals surface area contributed by atoms with Gasteiger partial charge in [0.05, 0.1) is 6.20 Å². The van der Waals surface area contributed by atoms with E-state index in [-0.39, 0.29) is 5.91 Å². The number of aromatic nitrogens is 2. The molecule has 1 saturated carbocycles. The van der Waals surface area contributed by atoms with Crippen LogP contribution in [-0.4, -0.2) is 46.4 Å². The number of carbonyl (C=O) groups is 1. The third-order valence-electron chi connectivity index (χ3n) is 6.50. The summed E-state index contributed by atoms with van der Waals surface area (Å²) in [5, 5.41) is 3.09. The molecule has 1 aliphatic heterocycles. The van der Waals surface area contributed by atoms with Crippen LogP contribution in [0.25, 0.3) is 11.2 Å². The van der Waals surface area contributed by atoms with Gasteiger partial charge in [0.1, 0.15) is 23.7 Å². The van der Waals surface area contributed by atoms with E-state index in [1.807, 2.05) is 30.5 Å². The summed E-state index contributed by atoms with van der Waals surface area (Å²) < 4.78 is 7.72. The quantitative estimate of drug-likeness (QED) is 0.558. The van der Waals surface area contributed by atoms with E-state index in [9.17, 15) is 4.79 Å². The van der Waals surface area contributed by atoms with E-state index in [1.165, 1.54) is 25.7 Å². The Morgan fingerprint density at radius 2 is 2.06 bits per heavy atom. The largest absolute Gasteiger partial charge is 0.492 e. The first-order valence-corrected chi connectivity index (χ1v) is 11.5. The fourth-order valence-electron chi connectivity index (χ4n) is 4.54. The first kappa shape index (κ1) is 20.8. The number of hydrogen-bond donors (Lipinski definition) is 1. The molecule has 3 aromatic rings. The Bertz CT molecular complexity index is 1160. The average Bonchev–Trinajstić information content (AvgIpc) is 3.34.